The summed E-state index contributed by atoms with van der Waals surface area (Å²) in [6, 6.07) is 8.25. The summed E-state index contributed by atoms with van der Waals surface area (Å²) in [6.07, 6.45) is 0. The third kappa shape index (κ3) is 3.14. The van der Waals surface area contributed by atoms with Gasteiger partial charge >= 0.3 is 0 Å². The first-order valence-electron chi connectivity index (χ1n) is 5.84. The van der Waals surface area contributed by atoms with E-state index in [1.54, 1.807) is 11.3 Å². The van der Waals surface area contributed by atoms with Crippen LogP contribution in [0.25, 0.3) is 0 Å². The van der Waals surface area contributed by atoms with Crippen molar-refractivity contribution in [3.05, 3.63) is 45.4 Å². The second-order valence-electron chi connectivity index (χ2n) is 4.31. The van der Waals surface area contributed by atoms with Gasteiger partial charge < -0.3 is 4.90 Å². The number of halogens is 1. The fraction of sp³-hybridized carbons (Fsp3) is 0.286. The summed E-state index contributed by atoms with van der Waals surface area (Å²) in [5.74, 6) is 0. The molecular weight excluding hydrogens is 322 g/mol. The predicted molar refractivity (Wildman–Crippen MR) is 82.7 cm³/mol. The summed E-state index contributed by atoms with van der Waals surface area (Å²) in [7, 11) is 2.00. The summed E-state index contributed by atoms with van der Waals surface area (Å²) in [5, 5.41) is 10.0. The van der Waals surface area contributed by atoms with E-state index in [-0.39, 0.29) is 0 Å². The van der Waals surface area contributed by atoms with Gasteiger partial charge in [-0.15, -0.1) is 11.3 Å². The van der Waals surface area contributed by atoms with Gasteiger partial charge in [-0.05, 0) is 24.6 Å². The van der Waals surface area contributed by atoms with Crippen LogP contribution in [0.5, 0.6) is 0 Å². The van der Waals surface area contributed by atoms with Gasteiger partial charge in [-0.25, -0.2) is 4.98 Å². The quantitative estimate of drug-likeness (QED) is 0.796. The molecule has 0 saturated carbocycles. The van der Waals surface area contributed by atoms with E-state index in [0.717, 1.165) is 28.8 Å². The minimum absolute atomic E-state index is 0.710. The number of aryl methyl sites for hydroxylation is 1. The lowest BCUT2D eigenvalue weighted by Gasteiger charge is -2.20. The highest BCUT2D eigenvalue weighted by atomic mass is 79.9. The zero-order valence-electron chi connectivity index (χ0n) is 10.9. The van der Waals surface area contributed by atoms with Crippen LogP contribution in [0.2, 0.25) is 0 Å². The van der Waals surface area contributed by atoms with Crippen LogP contribution in [0.4, 0.5) is 5.69 Å². The standard InChI is InChI=1S/C14H14BrN3S/c1-10-14(19-9-17-10)8-18(2)13-4-3-11(6-15)5-12(13)7-16/h3-5,9H,6,8H2,1-2H3. The van der Waals surface area contributed by atoms with Gasteiger partial charge in [-0.2, -0.15) is 5.26 Å². The number of alkyl halides is 1. The maximum Gasteiger partial charge on any atom is 0.101 e. The van der Waals surface area contributed by atoms with E-state index in [4.69, 9.17) is 0 Å². The number of nitriles is 1. The minimum atomic E-state index is 0.710. The lowest BCUT2D eigenvalue weighted by Crippen LogP contribution is -2.17. The third-order valence-corrected chi connectivity index (χ3v) is 4.54. The molecule has 19 heavy (non-hydrogen) atoms. The zero-order valence-corrected chi connectivity index (χ0v) is 13.3. The first-order chi connectivity index (χ1) is 9.15. The smallest absolute Gasteiger partial charge is 0.101 e. The number of rotatable bonds is 4. The van der Waals surface area contributed by atoms with Gasteiger partial charge in [0.1, 0.15) is 6.07 Å². The van der Waals surface area contributed by atoms with Crippen LogP contribution in [-0.2, 0) is 11.9 Å². The zero-order chi connectivity index (χ0) is 13.8. The number of aromatic nitrogens is 1. The van der Waals surface area contributed by atoms with Gasteiger partial charge in [-0.1, -0.05) is 22.0 Å². The van der Waals surface area contributed by atoms with E-state index in [2.05, 4.69) is 31.9 Å². The Hall–Kier alpha value is -1.38. The third-order valence-electron chi connectivity index (χ3n) is 2.97. The molecule has 0 spiro atoms. The summed E-state index contributed by atoms with van der Waals surface area (Å²) in [6.45, 7) is 2.79. The van der Waals surface area contributed by atoms with E-state index >= 15 is 0 Å². The van der Waals surface area contributed by atoms with Crippen molar-refractivity contribution in [3.8, 4) is 6.07 Å². The lowest BCUT2D eigenvalue weighted by atomic mass is 10.1. The Labute approximate surface area is 125 Å². The van der Waals surface area contributed by atoms with Crippen LogP contribution in [0.1, 0.15) is 21.7 Å². The van der Waals surface area contributed by atoms with Gasteiger partial charge in [0.2, 0.25) is 0 Å². The van der Waals surface area contributed by atoms with Gasteiger partial charge in [0.05, 0.1) is 29.0 Å². The number of hydrogen-bond acceptors (Lipinski definition) is 4. The molecule has 3 nitrogen and oxygen atoms in total. The number of nitrogens with zero attached hydrogens (tertiary/aromatic N) is 3. The molecule has 0 N–H and O–H groups in total. The van der Waals surface area contributed by atoms with Gasteiger partial charge in [0.15, 0.2) is 0 Å². The second kappa shape index (κ2) is 6.18. The average Bonchev–Trinajstić information content (AvgIpc) is 2.83. The number of thiazole rings is 1. The van der Waals surface area contributed by atoms with E-state index in [1.807, 2.05) is 37.7 Å². The van der Waals surface area contributed by atoms with Gasteiger partial charge in [-0.3, -0.25) is 0 Å². The predicted octanol–water partition coefficient (Wildman–Crippen LogP) is 3.85. The van der Waals surface area contributed by atoms with E-state index < -0.39 is 0 Å². The molecule has 1 aromatic carbocycles. The first-order valence-corrected chi connectivity index (χ1v) is 7.85. The summed E-state index contributed by atoms with van der Waals surface area (Å²) in [4.78, 5) is 7.58. The highest BCUT2D eigenvalue weighted by Crippen LogP contribution is 2.24. The van der Waals surface area contributed by atoms with Crippen LogP contribution in [0, 0.1) is 18.3 Å². The molecule has 2 aromatic rings. The van der Waals surface area contributed by atoms with Crippen LogP contribution >= 0.6 is 27.3 Å². The minimum Gasteiger partial charge on any atom is -0.368 e. The first kappa shape index (κ1) is 14.0. The normalized spacial score (nSPS) is 10.2. The largest absolute Gasteiger partial charge is 0.368 e. The summed E-state index contributed by atoms with van der Waals surface area (Å²) < 4.78 is 0. The average molecular weight is 336 g/mol. The SMILES string of the molecule is Cc1ncsc1CN(C)c1ccc(CBr)cc1C#N. The molecule has 1 aromatic heterocycles. The molecule has 0 unspecified atom stereocenters. The van der Waals surface area contributed by atoms with Crippen molar-refractivity contribution < 1.29 is 0 Å². The van der Waals surface area contributed by atoms with Crippen LogP contribution in [0.15, 0.2) is 23.7 Å². The van der Waals surface area contributed by atoms with Gasteiger partial charge in [0.25, 0.3) is 0 Å². The van der Waals surface area contributed by atoms with Crippen molar-refractivity contribution >= 4 is 33.0 Å². The molecule has 1 heterocycles. The Bertz CT molecular complexity index is 615. The molecule has 98 valence electrons. The molecule has 0 aliphatic heterocycles. The molecular formula is C14H14BrN3S. The monoisotopic (exact) mass is 335 g/mol. The number of anilines is 1. The Kier molecular flexibility index (Phi) is 4.56. The van der Waals surface area contributed by atoms with Crippen molar-refractivity contribution in [1.82, 2.24) is 4.98 Å². The molecule has 0 aliphatic carbocycles. The number of benzene rings is 1. The number of hydrogen-bond donors (Lipinski definition) is 0. The van der Waals surface area contributed by atoms with Crippen molar-refractivity contribution in [1.29, 1.82) is 5.26 Å². The molecule has 0 bridgehead atoms. The molecule has 2 rings (SSSR count). The Morgan fingerprint density at radius 2 is 2.26 bits per heavy atom. The Balaban J connectivity index is 2.26. The topological polar surface area (TPSA) is 39.9 Å². The molecule has 0 fully saturated rings. The molecule has 0 atom stereocenters. The molecule has 0 radical (unpaired) electrons. The fourth-order valence-electron chi connectivity index (χ4n) is 1.87. The highest BCUT2D eigenvalue weighted by Gasteiger charge is 2.11. The van der Waals surface area contributed by atoms with Crippen LogP contribution in [0.3, 0.4) is 0 Å². The van der Waals surface area contributed by atoms with Crippen LogP contribution < -0.4 is 4.90 Å². The summed E-state index contributed by atoms with van der Waals surface area (Å²) in [5.41, 5.74) is 5.70. The van der Waals surface area contributed by atoms with E-state index in [1.165, 1.54) is 4.88 Å². The van der Waals surface area contributed by atoms with Gasteiger partial charge in [0, 0.05) is 17.3 Å². The molecule has 5 heteroatoms. The Morgan fingerprint density at radius 1 is 1.47 bits per heavy atom. The molecule has 0 amide bonds. The van der Waals surface area contributed by atoms with Crippen molar-refractivity contribution in [2.75, 3.05) is 11.9 Å². The van der Waals surface area contributed by atoms with E-state index in [9.17, 15) is 5.26 Å². The van der Waals surface area contributed by atoms with Crippen molar-refractivity contribution in [2.24, 2.45) is 0 Å². The Morgan fingerprint density at radius 3 is 2.84 bits per heavy atom. The molecule has 0 saturated heterocycles. The maximum absolute atomic E-state index is 9.27. The van der Waals surface area contributed by atoms with Crippen LogP contribution in [-0.4, -0.2) is 12.0 Å². The van der Waals surface area contributed by atoms with Crippen molar-refractivity contribution in [2.45, 2.75) is 18.8 Å². The maximum atomic E-state index is 9.27. The van der Waals surface area contributed by atoms with E-state index in [0.29, 0.717) is 5.56 Å². The second-order valence-corrected chi connectivity index (χ2v) is 5.81. The molecule has 0 aliphatic rings. The lowest BCUT2D eigenvalue weighted by molar-refractivity contribution is 0.923. The summed E-state index contributed by atoms with van der Waals surface area (Å²) >= 11 is 5.06. The van der Waals surface area contributed by atoms with Crippen molar-refractivity contribution in [3.63, 3.8) is 0 Å². The highest BCUT2D eigenvalue weighted by molar-refractivity contribution is 9.08. The fourth-order valence-corrected chi connectivity index (χ4v) is 3.05.